The maximum Gasteiger partial charge on any atom is 0.412 e. The van der Waals surface area contributed by atoms with Crippen LogP contribution >= 0.6 is 0 Å². The number of hydrogen-bond acceptors (Lipinski definition) is 2. The van der Waals surface area contributed by atoms with Crippen molar-refractivity contribution in [1.82, 2.24) is 0 Å². The van der Waals surface area contributed by atoms with Crippen LogP contribution in [0.4, 0.5) is 45.2 Å². The van der Waals surface area contributed by atoms with Gasteiger partial charge in [-0.25, -0.2) is 0 Å². The Morgan fingerprint density at radius 3 is 1.39 bits per heavy atom. The summed E-state index contributed by atoms with van der Waals surface area (Å²) in [6, 6.07) is 1.86. The van der Waals surface area contributed by atoms with Crippen molar-refractivity contribution in [2.75, 3.05) is 0 Å². The van der Waals surface area contributed by atoms with Crippen molar-refractivity contribution in [3.8, 4) is 0 Å². The minimum absolute atomic E-state index is 0.413. The number of rotatable bonds is 3. The molecule has 0 atom stereocenters. The summed E-state index contributed by atoms with van der Waals surface area (Å²) in [5.41, 5.74) is -7.66. The van der Waals surface area contributed by atoms with Crippen molar-refractivity contribution in [1.29, 1.82) is 0 Å². The molecular weight excluding hydrogens is 349 g/mol. The molecule has 1 aromatic rings. The van der Waals surface area contributed by atoms with Crippen LogP contribution in [-0.4, -0.2) is 23.5 Å². The molecule has 0 aliphatic carbocycles. The molecule has 0 bridgehead atoms. The number of non-ortho nitro benzene ring substituents is 1. The van der Waals surface area contributed by atoms with Crippen LogP contribution in [0.25, 0.3) is 0 Å². The van der Waals surface area contributed by atoms with Crippen molar-refractivity contribution in [2.24, 2.45) is 5.41 Å². The molecule has 1 rings (SSSR count). The molecule has 0 heterocycles. The Labute approximate surface area is 121 Å². The minimum Gasteiger partial charge on any atom is -0.258 e. The number of nitrogens with zero attached hydrogens (tertiary/aromatic N) is 1. The van der Waals surface area contributed by atoms with E-state index in [1.54, 1.807) is 0 Å². The average molecular weight is 355 g/mol. The summed E-state index contributed by atoms with van der Waals surface area (Å²) in [7, 11) is 0. The van der Waals surface area contributed by atoms with E-state index in [1.807, 2.05) is 0 Å². The van der Waals surface area contributed by atoms with E-state index >= 15 is 0 Å². The van der Waals surface area contributed by atoms with Gasteiger partial charge in [0.2, 0.25) is 0 Å². The number of nitro benzene ring substituents is 1. The van der Waals surface area contributed by atoms with Gasteiger partial charge in [0.15, 0.2) is 0 Å². The first kappa shape index (κ1) is 19.0. The van der Waals surface area contributed by atoms with Crippen LogP contribution in [0.15, 0.2) is 24.3 Å². The third kappa shape index (κ3) is 3.34. The topological polar surface area (TPSA) is 43.1 Å². The molecule has 0 spiro atoms. The van der Waals surface area contributed by atoms with E-state index in [-0.39, 0.29) is 0 Å². The molecule has 0 N–H and O–H groups in total. The predicted molar refractivity (Wildman–Crippen MR) is 57.4 cm³/mol. The van der Waals surface area contributed by atoms with Crippen molar-refractivity contribution in [3.05, 3.63) is 39.9 Å². The van der Waals surface area contributed by atoms with Crippen LogP contribution in [0.2, 0.25) is 0 Å². The fourth-order valence-corrected chi connectivity index (χ4v) is 1.82. The van der Waals surface area contributed by atoms with E-state index in [9.17, 15) is 49.6 Å². The van der Waals surface area contributed by atoms with E-state index in [1.165, 1.54) is 0 Å². The minimum atomic E-state index is -6.66. The summed E-state index contributed by atoms with van der Waals surface area (Å²) >= 11 is 0. The number of alkyl halides is 9. The van der Waals surface area contributed by atoms with Crippen molar-refractivity contribution < 1.29 is 44.4 Å². The lowest BCUT2D eigenvalue weighted by molar-refractivity contribution is -0.426. The van der Waals surface area contributed by atoms with Gasteiger partial charge in [-0.15, -0.1) is 0 Å². The first-order valence-electron chi connectivity index (χ1n) is 5.57. The maximum absolute atomic E-state index is 12.7. The van der Waals surface area contributed by atoms with E-state index in [0.717, 1.165) is 0 Å². The Hall–Kier alpha value is -2.01. The van der Waals surface area contributed by atoms with E-state index in [2.05, 4.69) is 0 Å². The van der Waals surface area contributed by atoms with Gasteiger partial charge in [-0.2, -0.15) is 39.5 Å². The summed E-state index contributed by atoms with van der Waals surface area (Å²) in [5, 5.41) is 10.3. The van der Waals surface area contributed by atoms with Gasteiger partial charge in [0.05, 0.1) is 4.92 Å². The van der Waals surface area contributed by atoms with Crippen molar-refractivity contribution in [3.63, 3.8) is 0 Å². The number of benzene rings is 1. The highest BCUT2D eigenvalue weighted by molar-refractivity contribution is 5.33. The largest absolute Gasteiger partial charge is 0.412 e. The molecule has 1 aromatic carbocycles. The predicted octanol–water partition coefficient (Wildman–Crippen LogP) is 4.81. The van der Waals surface area contributed by atoms with E-state index in [4.69, 9.17) is 0 Å². The molecule has 0 aliphatic rings. The van der Waals surface area contributed by atoms with Gasteiger partial charge in [-0.1, -0.05) is 12.1 Å². The highest BCUT2D eigenvalue weighted by Gasteiger charge is 2.83. The standard InChI is InChI=1S/C11H6F9NO2/c12-9(13,14)8(10(15,16)17,11(18,19)20)5-6-1-3-7(4-2-6)21(22)23/h1-4H,5H2. The van der Waals surface area contributed by atoms with Gasteiger partial charge in [0, 0.05) is 18.6 Å². The zero-order chi connectivity index (χ0) is 18.3. The van der Waals surface area contributed by atoms with E-state index in [0.29, 0.717) is 24.3 Å². The summed E-state index contributed by atoms with van der Waals surface area (Å²) in [5.74, 6) is 0. The normalized spacial score (nSPS) is 14.0. The van der Waals surface area contributed by atoms with Crippen LogP contribution < -0.4 is 0 Å². The van der Waals surface area contributed by atoms with Gasteiger partial charge in [-0.3, -0.25) is 10.1 Å². The van der Waals surface area contributed by atoms with Crippen LogP contribution in [0.1, 0.15) is 5.56 Å². The molecule has 130 valence electrons. The lowest BCUT2D eigenvalue weighted by atomic mass is 9.79. The Kier molecular flexibility index (Phi) is 4.61. The molecule has 0 amide bonds. The quantitative estimate of drug-likeness (QED) is 0.444. The smallest absolute Gasteiger partial charge is 0.258 e. The molecule has 0 saturated carbocycles. The van der Waals surface area contributed by atoms with Crippen molar-refractivity contribution in [2.45, 2.75) is 24.9 Å². The molecule has 0 aromatic heterocycles. The van der Waals surface area contributed by atoms with Gasteiger partial charge in [-0.05, 0) is 5.56 Å². The molecule has 0 radical (unpaired) electrons. The Morgan fingerprint density at radius 2 is 1.13 bits per heavy atom. The summed E-state index contributed by atoms with van der Waals surface area (Å²) < 4.78 is 114. The van der Waals surface area contributed by atoms with Crippen LogP contribution in [0.5, 0.6) is 0 Å². The molecule has 0 unspecified atom stereocenters. The van der Waals surface area contributed by atoms with E-state index < -0.39 is 46.5 Å². The fraction of sp³-hybridized carbons (Fsp3) is 0.455. The van der Waals surface area contributed by atoms with Crippen molar-refractivity contribution >= 4 is 5.69 Å². The fourth-order valence-electron chi connectivity index (χ4n) is 1.82. The lowest BCUT2D eigenvalue weighted by Gasteiger charge is -2.38. The second-order valence-electron chi connectivity index (χ2n) is 4.50. The van der Waals surface area contributed by atoms with Crippen LogP contribution in [0, 0.1) is 15.5 Å². The monoisotopic (exact) mass is 355 g/mol. The first-order valence-corrected chi connectivity index (χ1v) is 5.57. The average Bonchev–Trinajstić information content (AvgIpc) is 2.31. The van der Waals surface area contributed by atoms with Crippen LogP contribution in [-0.2, 0) is 6.42 Å². The molecule has 3 nitrogen and oxygen atoms in total. The Balaban J connectivity index is 3.45. The summed E-state index contributed by atoms with van der Waals surface area (Å²) in [4.78, 5) is 9.34. The maximum atomic E-state index is 12.7. The van der Waals surface area contributed by atoms with Gasteiger partial charge >= 0.3 is 18.5 Å². The number of nitro groups is 1. The van der Waals surface area contributed by atoms with Gasteiger partial charge < -0.3 is 0 Å². The molecule has 12 heteroatoms. The zero-order valence-electron chi connectivity index (χ0n) is 10.7. The second-order valence-corrected chi connectivity index (χ2v) is 4.50. The number of halogens is 9. The van der Waals surface area contributed by atoms with Crippen LogP contribution in [0.3, 0.4) is 0 Å². The molecule has 23 heavy (non-hydrogen) atoms. The highest BCUT2D eigenvalue weighted by atomic mass is 19.4. The zero-order valence-corrected chi connectivity index (χ0v) is 10.7. The van der Waals surface area contributed by atoms with Gasteiger partial charge in [0.25, 0.3) is 11.1 Å². The molecule has 0 saturated heterocycles. The highest BCUT2D eigenvalue weighted by Crippen LogP contribution is 2.60. The third-order valence-electron chi connectivity index (χ3n) is 3.07. The first-order chi connectivity index (χ1) is 10.1. The SMILES string of the molecule is O=[N+]([O-])c1ccc(CC(C(F)(F)F)(C(F)(F)F)C(F)(F)F)cc1. The summed E-state index contributed by atoms with van der Waals surface area (Å²) in [6.45, 7) is 0. The number of hydrogen-bond donors (Lipinski definition) is 0. The third-order valence-corrected chi connectivity index (χ3v) is 3.07. The second kappa shape index (κ2) is 5.57. The van der Waals surface area contributed by atoms with Gasteiger partial charge in [0.1, 0.15) is 0 Å². The lowest BCUT2D eigenvalue weighted by Crippen LogP contribution is -2.60. The molecule has 0 fully saturated rings. The summed E-state index contributed by atoms with van der Waals surface area (Å²) in [6.07, 6.45) is -22.5. The molecular formula is C11H6F9NO2. The molecule has 0 aliphatic heterocycles. The Morgan fingerprint density at radius 1 is 0.783 bits per heavy atom. The Bertz CT molecular complexity index is 535.